The molecular weight excluding hydrogens is 248 g/mol. The maximum atomic E-state index is 11.9. The summed E-state index contributed by atoms with van der Waals surface area (Å²) in [5, 5.41) is 0.633. The summed E-state index contributed by atoms with van der Waals surface area (Å²) in [5.74, 6) is -0.658. The van der Waals surface area contributed by atoms with Crippen molar-refractivity contribution in [3.8, 4) is 0 Å². The van der Waals surface area contributed by atoms with E-state index in [1.807, 2.05) is 23.9 Å². The van der Waals surface area contributed by atoms with Gasteiger partial charge in [-0.15, -0.1) is 11.8 Å². The fourth-order valence-electron chi connectivity index (χ4n) is 2.00. The second-order valence-electron chi connectivity index (χ2n) is 4.47. The third kappa shape index (κ3) is 2.93. The number of thioether (sulfide) groups is 1. The second kappa shape index (κ2) is 5.57. The van der Waals surface area contributed by atoms with Crippen LogP contribution in [0.4, 0.5) is 0 Å². The van der Waals surface area contributed by atoms with Crippen molar-refractivity contribution in [1.82, 2.24) is 0 Å². The molecule has 96 valence electrons. The number of carbonyl (C=O) groups is 2. The highest BCUT2D eigenvalue weighted by Crippen LogP contribution is 2.35. The summed E-state index contributed by atoms with van der Waals surface area (Å²) in [6.45, 7) is 2.21. The number of ketones is 1. The predicted octanol–water partition coefficient (Wildman–Crippen LogP) is 2.86. The normalized spacial score (nSPS) is 18.0. The van der Waals surface area contributed by atoms with Gasteiger partial charge >= 0.3 is 5.97 Å². The van der Waals surface area contributed by atoms with E-state index in [1.54, 1.807) is 6.07 Å². The number of hydrogen-bond acceptors (Lipinski definition) is 4. The third-order valence-corrected chi connectivity index (χ3v) is 4.35. The van der Waals surface area contributed by atoms with Gasteiger partial charge in [0.2, 0.25) is 0 Å². The van der Waals surface area contributed by atoms with Crippen molar-refractivity contribution in [2.45, 2.75) is 36.3 Å². The molecule has 1 heterocycles. The van der Waals surface area contributed by atoms with E-state index >= 15 is 0 Å². The van der Waals surface area contributed by atoms with Crippen molar-refractivity contribution < 1.29 is 14.3 Å². The summed E-state index contributed by atoms with van der Waals surface area (Å²) < 4.78 is 4.51. The van der Waals surface area contributed by atoms with E-state index in [9.17, 15) is 9.59 Å². The Bertz CT molecular complexity index is 482. The maximum Gasteiger partial charge on any atom is 0.313 e. The molecule has 1 unspecified atom stereocenters. The minimum atomic E-state index is -0.485. The van der Waals surface area contributed by atoms with E-state index in [1.165, 1.54) is 17.6 Å². The zero-order valence-electron chi connectivity index (χ0n) is 10.6. The lowest BCUT2D eigenvalue weighted by atomic mass is 10.0. The van der Waals surface area contributed by atoms with E-state index in [2.05, 4.69) is 11.7 Å². The summed E-state index contributed by atoms with van der Waals surface area (Å²) in [4.78, 5) is 24.2. The number of ether oxygens (including phenoxy) is 1. The van der Waals surface area contributed by atoms with Crippen molar-refractivity contribution >= 4 is 23.5 Å². The van der Waals surface area contributed by atoms with Crippen molar-refractivity contribution in [3.05, 3.63) is 29.3 Å². The molecule has 0 bridgehead atoms. The average molecular weight is 264 g/mol. The molecule has 0 radical (unpaired) electrons. The van der Waals surface area contributed by atoms with Crippen LogP contribution in [0.1, 0.15) is 35.7 Å². The van der Waals surface area contributed by atoms with Gasteiger partial charge in [0.15, 0.2) is 5.78 Å². The highest BCUT2D eigenvalue weighted by atomic mass is 32.2. The molecule has 1 aromatic carbocycles. The molecule has 1 aliphatic heterocycles. The van der Waals surface area contributed by atoms with E-state index in [0.29, 0.717) is 10.8 Å². The van der Waals surface area contributed by atoms with Gasteiger partial charge in [0.1, 0.15) is 6.42 Å². The molecule has 2 rings (SSSR count). The molecule has 1 aliphatic rings. The number of aryl methyl sites for hydroxylation is 1. The fraction of sp³-hybridized carbons (Fsp3) is 0.429. The summed E-state index contributed by atoms with van der Waals surface area (Å²) in [5.41, 5.74) is 1.82. The maximum absolute atomic E-state index is 11.9. The van der Waals surface area contributed by atoms with Crippen LogP contribution in [-0.4, -0.2) is 24.1 Å². The van der Waals surface area contributed by atoms with Gasteiger partial charge in [0, 0.05) is 15.7 Å². The van der Waals surface area contributed by atoms with Crippen LogP contribution in [0.2, 0.25) is 0 Å². The first-order valence-corrected chi connectivity index (χ1v) is 6.87. The molecular formula is C14H16O3S. The van der Waals surface area contributed by atoms with Gasteiger partial charge in [-0.05, 0) is 30.5 Å². The number of rotatable bonds is 3. The van der Waals surface area contributed by atoms with Crippen LogP contribution in [0.5, 0.6) is 0 Å². The van der Waals surface area contributed by atoms with Crippen LogP contribution >= 0.6 is 11.8 Å². The van der Waals surface area contributed by atoms with Gasteiger partial charge in [0.25, 0.3) is 0 Å². The van der Waals surface area contributed by atoms with E-state index in [0.717, 1.165) is 12.8 Å². The highest BCUT2D eigenvalue weighted by molar-refractivity contribution is 8.00. The lowest BCUT2D eigenvalue weighted by Gasteiger charge is -2.21. The Morgan fingerprint density at radius 3 is 2.94 bits per heavy atom. The molecule has 0 amide bonds. The first-order chi connectivity index (χ1) is 8.60. The lowest BCUT2D eigenvalue weighted by Crippen LogP contribution is -2.11. The Labute approximate surface area is 111 Å². The SMILES string of the molecule is COC(=O)CC(=O)c1ccc2c(c1)CCC(C)S2. The molecule has 1 atom stereocenters. The Hall–Kier alpha value is -1.29. The van der Waals surface area contributed by atoms with Gasteiger partial charge in [-0.3, -0.25) is 9.59 Å². The molecule has 0 fully saturated rings. The summed E-state index contributed by atoms with van der Waals surface area (Å²) in [6.07, 6.45) is 1.95. The Kier molecular flexibility index (Phi) is 4.07. The van der Waals surface area contributed by atoms with Gasteiger partial charge in [-0.25, -0.2) is 0 Å². The molecule has 1 aromatic rings. The third-order valence-electron chi connectivity index (χ3n) is 3.06. The van der Waals surface area contributed by atoms with Crippen LogP contribution in [0, 0.1) is 0 Å². The number of fused-ring (bicyclic) bond motifs is 1. The number of hydrogen-bond donors (Lipinski definition) is 0. The quantitative estimate of drug-likeness (QED) is 0.478. The standard InChI is InChI=1S/C14H16O3S/c1-9-3-4-11-7-10(5-6-13(11)18-9)12(15)8-14(16)17-2/h5-7,9H,3-4,8H2,1-2H3. The predicted molar refractivity (Wildman–Crippen MR) is 71.0 cm³/mol. The molecule has 0 saturated carbocycles. The van der Waals surface area contributed by atoms with Gasteiger partial charge in [-0.2, -0.15) is 0 Å². The Morgan fingerprint density at radius 1 is 1.44 bits per heavy atom. The van der Waals surface area contributed by atoms with Crippen LogP contribution in [0.3, 0.4) is 0 Å². The molecule has 0 N–H and O–H groups in total. The number of carbonyl (C=O) groups excluding carboxylic acids is 2. The topological polar surface area (TPSA) is 43.4 Å². The molecule has 4 heteroatoms. The van der Waals surface area contributed by atoms with E-state index < -0.39 is 5.97 Å². The monoisotopic (exact) mass is 264 g/mol. The van der Waals surface area contributed by atoms with Crippen LogP contribution in [0.15, 0.2) is 23.1 Å². The molecule has 0 aliphatic carbocycles. The zero-order valence-corrected chi connectivity index (χ0v) is 11.4. The van der Waals surface area contributed by atoms with Crippen LogP contribution in [0.25, 0.3) is 0 Å². The Morgan fingerprint density at radius 2 is 2.22 bits per heavy atom. The first-order valence-electron chi connectivity index (χ1n) is 5.99. The molecule has 0 aromatic heterocycles. The van der Waals surface area contributed by atoms with E-state index in [4.69, 9.17) is 0 Å². The lowest BCUT2D eigenvalue weighted by molar-refractivity contribution is -0.139. The Balaban J connectivity index is 2.16. The minimum Gasteiger partial charge on any atom is -0.469 e. The first kappa shape index (κ1) is 13.1. The van der Waals surface area contributed by atoms with Crippen molar-refractivity contribution in [2.75, 3.05) is 7.11 Å². The summed E-state index contributed by atoms with van der Waals surface area (Å²) >= 11 is 1.85. The van der Waals surface area contributed by atoms with Gasteiger partial charge < -0.3 is 4.74 Å². The molecule has 3 nitrogen and oxygen atoms in total. The minimum absolute atomic E-state index is 0.173. The van der Waals surface area contributed by atoms with Crippen LogP contribution in [-0.2, 0) is 16.0 Å². The number of benzene rings is 1. The van der Waals surface area contributed by atoms with Crippen molar-refractivity contribution in [3.63, 3.8) is 0 Å². The van der Waals surface area contributed by atoms with Gasteiger partial charge in [-0.1, -0.05) is 13.0 Å². The molecule has 0 saturated heterocycles. The summed E-state index contributed by atoms with van der Waals surface area (Å²) in [7, 11) is 1.29. The van der Waals surface area contributed by atoms with Crippen LogP contribution < -0.4 is 0 Å². The second-order valence-corrected chi connectivity index (χ2v) is 5.95. The largest absolute Gasteiger partial charge is 0.469 e. The number of esters is 1. The van der Waals surface area contributed by atoms with Crippen molar-refractivity contribution in [1.29, 1.82) is 0 Å². The van der Waals surface area contributed by atoms with Crippen molar-refractivity contribution in [2.24, 2.45) is 0 Å². The van der Waals surface area contributed by atoms with Gasteiger partial charge in [0.05, 0.1) is 7.11 Å². The zero-order chi connectivity index (χ0) is 13.1. The molecule has 18 heavy (non-hydrogen) atoms. The highest BCUT2D eigenvalue weighted by Gasteiger charge is 2.18. The smallest absolute Gasteiger partial charge is 0.313 e. The molecule has 0 spiro atoms. The number of Topliss-reactive ketones (excluding diaryl/α,β-unsaturated/α-hetero) is 1. The fourth-order valence-corrected chi connectivity index (χ4v) is 3.13. The number of methoxy groups -OCH3 is 1. The average Bonchev–Trinajstić information content (AvgIpc) is 2.37. The summed E-state index contributed by atoms with van der Waals surface area (Å²) in [6, 6.07) is 5.70. The van der Waals surface area contributed by atoms with E-state index in [-0.39, 0.29) is 12.2 Å².